The molecule has 0 unspecified atom stereocenters. The highest BCUT2D eigenvalue weighted by Crippen LogP contribution is 2.17. The predicted molar refractivity (Wildman–Crippen MR) is 94.4 cm³/mol. The molecule has 0 saturated heterocycles. The summed E-state index contributed by atoms with van der Waals surface area (Å²) in [5, 5.41) is 6.97. The van der Waals surface area contributed by atoms with E-state index in [1.165, 1.54) is 19.6 Å². The number of nitrogens with one attached hydrogen (secondary N) is 1. The zero-order valence-corrected chi connectivity index (χ0v) is 14.5. The second-order valence-electron chi connectivity index (χ2n) is 5.64. The van der Waals surface area contributed by atoms with Gasteiger partial charge in [0.05, 0.1) is 17.3 Å². The van der Waals surface area contributed by atoms with Gasteiger partial charge in [0.25, 0.3) is 5.91 Å². The largest absolute Gasteiger partial charge is 0.383 e. The Kier molecular flexibility index (Phi) is 5.18. The molecule has 0 spiro atoms. The summed E-state index contributed by atoms with van der Waals surface area (Å²) in [7, 11) is 1.54. The molecule has 0 aliphatic heterocycles. The van der Waals surface area contributed by atoms with E-state index < -0.39 is 0 Å². The molecule has 0 radical (unpaired) electrons. The summed E-state index contributed by atoms with van der Waals surface area (Å²) in [5.41, 5.74) is 7.92. The highest BCUT2D eigenvalue weighted by Gasteiger charge is 2.16. The molecule has 26 heavy (non-hydrogen) atoms. The smallest absolute Gasteiger partial charge is 0.257 e. The highest BCUT2D eigenvalue weighted by atomic mass is 16.5. The molecule has 0 saturated carbocycles. The quantitative estimate of drug-likeness (QED) is 0.684. The number of methoxy groups -OCH3 is 1. The van der Waals surface area contributed by atoms with Crippen LogP contribution in [0.2, 0.25) is 0 Å². The molecule has 1 amide bonds. The molecular formula is C17H19N7O2. The number of anilines is 1. The molecule has 1 atom stereocenters. The molecule has 0 aliphatic carbocycles. The Bertz CT molecular complexity index is 879. The van der Waals surface area contributed by atoms with Crippen LogP contribution < -0.4 is 11.1 Å². The van der Waals surface area contributed by atoms with E-state index in [1.54, 1.807) is 11.0 Å². The number of hydrogen-bond donors (Lipinski definition) is 2. The van der Waals surface area contributed by atoms with Gasteiger partial charge >= 0.3 is 0 Å². The fourth-order valence-electron chi connectivity index (χ4n) is 2.42. The monoisotopic (exact) mass is 353 g/mol. The molecule has 3 rings (SSSR count). The number of benzene rings is 1. The maximum absolute atomic E-state index is 12.4. The second-order valence-corrected chi connectivity index (χ2v) is 5.64. The van der Waals surface area contributed by atoms with Gasteiger partial charge in [0.1, 0.15) is 25.1 Å². The lowest BCUT2D eigenvalue weighted by atomic mass is 10.1. The predicted octanol–water partition coefficient (Wildman–Crippen LogP) is 1.28. The van der Waals surface area contributed by atoms with Gasteiger partial charge in [0.2, 0.25) is 0 Å². The normalized spacial score (nSPS) is 11.9. The van der Waals surface area contributed by atoms with E-state index in [9.17, 15) is 4.79 Å². The van der Waals surface area contributed by atoms with Crippen molar-refractivity contribution < 1.29 is 9.53 Å². The first-order chi connectivity index (χ1) is 12.6. The maximum Gasteiger partial charge on any atom is 0.257 e. The molecule has 2 heterocycles. The lowest BCUT2D eigenvalue weighted by molar-refractivity contribution is 0.0940. The van der Waals surface area contributed by atoms with Crippen molar-refractivity contribution in [2.45, 2.75) is 19.6 Å². The zero-order valence-electron chi connectivity index (χ0n) is 14.5. The lowest BCUT2D eigenvalue weighted by Crippen LogP contribution is -2.28. The van der Waals surface area contributed by atoms with Gasteiger partial charge in [-0.15, -0.1) is 0 Å². The summed E-state index contributed by atoms with van der Waals surface area (Å²) in [6, 6.07) is 7.44. The fourth-order valence-corrected chi connectivity index (χ4v) is 2.42. The van der Waals surface area contributed by atoms with E-state index in [0.717, 1.165) is 11.3 Å². The van der Waals surface area contributed by atoms with Crippen LogP contribution in [0.5, 0.6) is 0 Å². The van der Waals surface area contributed by atoms with Crippen LogP contribution in [-0.2, 0) is 11.3 Å². The summed E-state index contributed by atoms with van der Waals surface area (Å²) in [4.78, 5) is 24.5. The van der Waals surface area contributed by atoms with Crippen molar-refractivity contribution in [1.82, 2.24) is 30.0 Å². The van der Waals surface area contributed by atoms with Crippen LogP contribution >= 0.6 is 0 Å². The average Bonchev–Trinajstić information content (AvgIpc) is 3.17. The molecule has 0 aliphatic rings. The van der Waals surface area contributed by atoms with Gasteiger partial charge in [-0.3, -0.25) is 4.79 Å². The van der Waals surface area contributed by atoms with E-state index >= 15 is 0 Å². The first-order valence-corrected chi connectivity index (χ1v) is 7.94. The molecule has 9 nitrogen and oxygen atoms in total. The summed E-state index contributed by atoms with van der Waals surface area (Å²) in [5.74, 6) is 0.218. The van der Waals surface area contributed by atoms with Crippen LogP contribution in [0.4, 0.5) is 5.82 Å². The minimum Gasteiger partial charge on any atom is -0.383 e. The van der Waals surface area contributed by atoms with Crippen molar-refractivity contribution in [3.8, 4) is 5.69 Å². The molecule has 9 heteroatoms. The summed E-state index contributed by atoms with van der Waals surface area (Å²) >= 11 is 0. The topological polar surface area (TPSA) is 121 Å². The van der Waals surface area contributed by atoms with Crippen molar-refractivity contribution >= 4 is 11.7 Å². The van der Waals surface area contributed by atoms with Gasteiger partial charge in [0.15, 0.2) is 5.82 Å². The van der Waals surface area contributed by atoms with Gasteiger partial charge in [-0.05, 0) is 24.6 Å². The number of rotatable bonds is 6. The molecule has 3 aromatic rings. The lowest BCUT2D eigenvalue weighted by Gasteiger charge is -2.15. The minimum atomic E-state index is -0.334. The van der Waals surface area contributed by atoms with Crippen molar-refractivity contribution in [3.05, 3.63) is 60.1 Å². The highest BCUT2D eigenvalue weighted by molar-refractivity contribution is 5.98. The standard InChI is InChI=1S/C17H19N7O2/c1-11(12-3-5-13(6-4-12)24-10-19-9-21-24)22-17(25)14-7-20-15(8-26-2)23-16(14)18/h3-7,9-11H,8H2,1-2H3,(H,22,25)(H2,18,20,23)/t11-/m0/s1. The SMILES string of the molecule is COCc1ncc(C(=O)N[C@@H](C)c2ccc(-n3cncn3)cc2)c(N)n1. The zero-order chi connectivity index (χ0) is 18.5. The van der Waals surface area contributed by atoms with Crippen LogP contribution in [0.3, 0.4) is 0 Å². The van der Waals surface area contributed by atoms with E-state index in [-0.39, 0.29) is 29.9 Å². The second kappa shape index (κ2) is 7.70. The Morgan fingerprint density at radius 1 is 1.35 bits per heavy atom. The van der Waals surface area contributed by atoms with Crippen LogP contribution in [0.1, 0.15) is 34.7 Å². The Balaban J connectivity index is 1.69. The summed E-state index contributed by atoms with van der Waals surface area (Å²) < 4.78 is 6.61. The van der Waals surface area contributed by atoms with Crippen molar-refractivity contribution in [3.63, 3.8) is 0 Å². The van der Waals surface area contributed by atoms with E-state index in [2.05, 4.69) is 25.4 Å². The van der Waals surface area contributed by atoms with Gasteiger partial charge in [-0.2, -0.15) is 5.10 Å². The minimum absolute atomic E-state index is 0.123. The third kappa shape index (κ3) is 3.83. The van der Waals surface area contributed by atoms with Crippen LogP contribution in [0, 0.1) is 0 Å². The fraction of sp³-hybridized carbons (Fsp3) is 0.235. The third-order valence-electron chi connectivity index (χ3n) is 3.81. The van der Waals surface area contributed by atoms with Gasteiger partial charge in [-0.25, -0.2) is 19.6 Å². The number of nitrogens with zero attached hydrogens (tertiary/aromatic N) is 5. The Morgan fingerprint density at radius 2 is 2.12 bits per heavy atom. The number of carbonyl (C=O) groups excluding carboxylic acids is 1. The third-order valence-corrected chi connectivity index (χ3v) is 3.81. The first kappa shape index (κ1) is 17.5. The van der Waals surface area contributed by atoms with Gasteiger partial charge < -0.3 is 15.8 Å². The van der Waals surface area contributed by atoms with Crippen LogP contribution in [0.15, 0.2) is 43.1 Å². The Morgan fingerprint density at radius 3 is 2.73 bits per heavy atom. The van der Waals surface area contributed by atoms with Crippen LogP contribution in [-0.4, -0.2) is 37.7 Å². The van der Waals surface area contributed by atoms with Crippen molar-refractivity contribution in [2.24, 2.45) is 0 Å². The van der Waals surface area contributed by atoms with E-state index in [4.69, 9.17) is 10.5 Å². The van der Waals surface area contributed by atoms with E-state index in [0.29, 0.717) is 5.82 Å². The molecule has 2 aromatic heterocycles. The van der Waals surface area contributed by atoms with Crippen LogP contribution in [0.25, 0.3) is 5.69 Å². The molecule has 0 bridgehead atoms. The number of carbonyl (C=O) groups is 1. The molecule has 0 fully saturated rings. The average molecular weight is 353 g/mol. The molecule has 134 valence electrons. The van der Waals surface area contributed by atoms with Gasteiger partial charge in [0, 0.05) is 13.3 Å². The number of ether oxygens (including phenoxy) is 1. The molecular weight excluding hydrogens is 334 g/mol. The Hall–Kier alpha value is -3.33. The van der Waals surface area contributed by atoms with Crippen molar-refractivity contribution in [2.75, 3.05) is 12.8 Å². The number of aromatic nitrogens is 5. The summed E-state index contributed by atoms with van der Waals surface area (Å²) in [6.07, 6.45) is 4.50. The molecule has 3 N–H and O–H groups in total. The Labute approximate surface area is 150 Å². The van der Waals surface area contributed by atoms with Crippen molar-refractivity contribution in [1.29, 1.82) is 0 Å². The maximum atomic E-state index is 12.4. The first-order valence-electron chi connectivity index (χ1n) is 7.94. The summed E-state index contributed by atoms with van der Waals surface area (Å²) in [6.45, 7) is 2.12. The molecule has 1 aromatic carbocycles. The van der Waals surface area contributed by atoms with Gasteiger partial charge in [-0.1, -0.05) is 12.1 Å². The number of nitrogen functional groups attached to an aromatic ring is 1. The number of nitrogens with two attached hydrogens (primary N) is 1. The number of hydrogen-bond acceptors (Lipinski definition) is 7. The van der Waals surface area contributed by atoms with E-state index in [1.807, 2.05) is 31.2 Å². The number of amides is 1.